The predicted molar refractivity (Wildman–Crippen MR) is 93.7 cm³/mol. The molecular weight excluding hydrogens is 320 g/mol. The van der Waals surface area contributed by atoms with Gasteiger partial charge in [-0.15, -0.1) is 5.10 Å². The number of nitrogens with two attached hydrogens (primary N) is 1. The average Bonchev–Trinajstić information content (AvgIpc) is 2.86. The van der Waals surface area contributed by atoms with E-state index < -0.39 is 5.54 Å². The fourth-order valence-electron chi connectivity index (χ4n) is 3.62. The Morgan fingerprint density at radius 2 is 1.72 bits per heavy atom. The Labute approximate surface area is 148 Å². The largest absolute Gasteiger partial charge is 0.341 e. The standard InChI is InChI=1S/C17H28N6O2/c18-17(8-4-3-5-9-17)15(25)20-16-19-13-23(21-16)12-14(24)22-10-6-1-2-7-11-22/h13H,1-12,18H2,(H,20,21,25). The normalized spacial score (nSPS) is 20.8. The van der Waals surface area contributed by atoms with E-state index in [1.165, 1.54) is 23.9 Å². The fraction of sp³-hybridized carbons (Fsp3) is 0.765. The van der Waals surface area contributed by atoms with Crippen molar-refractivity contribution in [2.24, 2.45) is 5.73 Å². The van der Waals surface area contributed by atoms with Crippen LogP contribution in [0.2, 0.25) is 0 Å². The molecule has 0 unspecified atom stereocenters. The lowest BCUT2D eigenvalue weighted by molar-refractivity contribution is -0.132. The number of amides is 2. The highest BCUT2D eigenvalue weighted by atomic mass is 16.2. The second kappa shape index (κ2) is 7.95. The quantitative estimate of drug-likeness (QED) is 0.852. The molecule has 1 aromatic rings. The van der Waals surface area contributed by atoms with Gasteiger partial charge >= 0.3 is 0 Å². The first-order valence-corrected chi connectivity index (χ1v) is 9.34. The van der Waals surface area contributed by atoms with E-state index in [4.69, 9.17) is 5.73 Å². The Balaban J connectivity index is 1.54. The minimum absolute atomic E-state index is 0.0484. The van der Waals surface area contributed by atoms with Crippen LogP contribution >= 0.6 is 0 Å². The van der Waals surface area contributed by atoms with Gasteiger partial charge in [0.2, 0.25) is 17.8 Å². The zero-order valence-corrected chi connectivity index (χ0v) is 14.7. The molecule has 1 aromatic heterocycles. The Hall–Kier alpha value is -1.96. The summed E-state index contributed by atoms with van der Waals surface area (Å²) < 4.78 is 1.48. The van der Waals surface area contributed by atoms with Crippen LogP contribution in [-0.4, -0.2) is 50.1 Å². The van der Waals surface area contributed by atoms with Crippen molar-refractivity contribution in [3.05, 3.63) is 6.33 Å². The summed E-state index contributed by atoms with van der Waals surface area (Å²) in [7, 11) is 0. The van der Waals surface area contributed by atoms with Crippen molar-refractivity contribution in [3.63, 3.8) is 0 Å². The van der Waals surface area contributed by atoms with Gasteiger partial charge in [-0.25, -0.2) is 9.67 Å². The van der Waals surface area contributed by atoms with E-state index in [1.807, 2.05) is 4.90 Å². The minimum Gasteiger partial charge on any atom is -0.341 e. The predicted octanol–water partition coefficient (Wildman–Crippen LogP) is 1.28. The Bertz CT molecular complexity index is 600. The Morgan fingerprint density at radius 1 is 1.08 bits per heavy atom. The summed E-state index contributed by atoms with van der Waals surface area (Å²) in [6.45, 7) is 1.77. The first-order chi connectivity index (χ1) is 12.1. The zero-order chi connectivity index (χ0) is 17.7. The SMILES string of the molecule is NC1(C(=O)Nc2ncn(CC(=O)N3CCCCCC3)n2)CCCCC1. The van der Waals surface area contributed by atoms with E-state index in [-0.39, 0.29) is 24.3 Å². The van der Waals surface area contributed by atoms with E-state index in [2.05, 4.69) is 15.4 Å². The highest BCUT2D eigenvalue weighted by Crippen LogP contribution is 2.26. The lowest BCUT2D eigenvalue weighted by Gasteiger charge is -2.31. The molecule has 1 saturated carbocycles. The first kappa shape index (κ1) is 17.8. The van der Waals surface area contributed by atoms with Gasteiger partial charge in [0.15, 0.2) is 0 Å². The fourth-order valence-corrected chi connectivity index (χ4v) is 3.62. The van der Waals surface area contributed by atoms with Crippen molar-refractivity contribution in [1.29, 1.82) is 0 Å². The summed E-state index contributed by atoms with van der Waals surface area (Å²) in [5, 5.41) is 6.91. The summed E-state index contributed by atoms with van der Waals surface area (Å²) in [5.41, 5.74) is 5.39. The summed E-state index contributed by atoms with van der Waals surface area (Å²) >= 11 is 0. The molecule has 0 bridgehead atoms. The monoisotopic (exact) mass is 348 g/mol. The molecule has 8 nitrogen and oxygen atoms in total. The smallest absolute Gasteiger partial charge is 0.248 e. The molecule has 0 aromatic carbocycles. The topological polar surface area (TPSA) is 106 Å². The number of hydrogen-bond donors (Lipinski definition) is 2. The van der Waals surface area contributed by atoms with E-state index >= 15 is 0 Å². The molecule has 0 radical (unpaired) electrons. The maximum Gasteiger partial charge on any atom is 0.248 e. The van der Waals surface area contributed by atoms with Gasteiger partial charge in [-0.05, 0) is 25.7 Å². The lowest BCUT2D eigenvalue weighted by Crippen LogP contribution is -2.52. The van der Waals surface area contributed by atoms with Gasteiger partial charge in [-0.1, -0.05) is 32.1 Å². The van der Waals surface area contributed by atoms with Gasteiger partial charge in [0.25, 0.3) is 0 Å². The molecule has 138 valence electrons. The summed E-state index contributed by atoms with van der Waals surface area (Å²) in [6.07, 6.45) is 10.4. The van der Waals surface area contributed by atoms with Crippen molar-refractivity contribution in [3.8, 4) is 0 Å². The number of anilines is 1. The highest BCUT2D eigenvalue weighted by molar-refractivity contribution is 5.96. The molecule has 1 saturated heterocycles. The second-order valence-electron chi connectivity index (χ2n) is 7.23. The summed E-state index contributed by atoms with van der Waals surface area (Å²) in [5.74, 6) is 0.0279. The third-order valence-electron chi connectivity index (χ3n) is 5.22. The third-order valence-corrected chi connectivity index (χ3v) is 5.22. The summed E-state index contributed by atoms with van der Waals surface area (Å²) in [4.78, 5) is 30.8. The van der Waals surface area contributed by atoms with Crippen LogP contribution in [0.1, 0.15) is 57.8 Å². The van der Waals surface area contributed by atoms with Crippen LogP contribution in [0.4, 0.5) is 5.95 Å². The molecule has 2 aliphatic rings. The Morgan fingerprint density at radius 3 is 2.40 bits per heavy atom. The van der Waals surface area contributed by atoms with Gasteiger partial charge in [0.1, 0.15) is 12.9 Å². The van der Waals surface area contributed by atoms with Crippen LogP contribution < -0.4 is 11.1 Å². The van der Waals surface area contributed by atoms with Crippen LogP contribution in [-0.2, 0) is 16.1 Å². The number of rotatable bonds is 4. The zero-order valence-electron chi connectivity index (χ0n) is 14.7. The maximum absolute atomic E-state index is 12.4. The van der Waals surface area contributed by atoms with Crippen LogP contribution in [0.5, 0.6) is 0 Å². The Kier molecular flexibility index (Phi) is 5.67. The van der Waals surface area contributed by atoms with E-state index in [0.29, 0.717) is 12.8 Å². The number of nitrogens with zero attached hydrogens (tertiary/aromatic N) is 4. The lowest BCUT2D eigenvalue weighted by atomic mass is 9.82. The van der Waals surface area contributed by atoms with Gasteiger partial charge in [0, 0.05) is 13.1 Å². The molecule has 8 heteroatoms. The molecule has 0 atom stereocenters. The highest BCUT2D eigenvalue weighted by Gasteiger charge is 2.35. The van der Waals surface area contributed by atoms with E-state index in [0.717, 1.165) is 45.2 Å². The average molecular weight is 348 g/mol. The van der Waals surface area contributed by atoms with Gasteiger partial charge in [0.05, 0.1) is 5.54 Å². The molecule has 2 fully saturated rings. The molecule has 2 amide bonds. The number of hydrogen-bond acceptors (Lipinski definition) is 5. The van der Waals surface area contributed by atoms with E-state index in [9.17, 15) is 9.59 Å². The van der Waals surface area contributed by atoms with E-state index in [1.54, 1.807) is 0 Å². The molecular formula is C17H28N6O2. The first-order valence-electron chi connectivity index (χ1n) is 9.34. The van der Waals surface area contributed by atoms with Crippen molar-refractivity contribution in [2.75, 3.05) is 18.4 Å². The molecule has 1 aliphatic carbocycles. The number of likely N-dealkylation sites (tertiary alicyclic amines) is 1. The number of aromatic nitrogens is 3. The van der Waals surface area contributed by atoms with Gasteiger partial charge < -0.3 is 10.6 Å². The number of nitrogens with one attached hydrogen (secondary N) is 1. The van der Waals surface area contributed by atoms with Crippen molar-refractivity contribution >= 4 is 17.8 Å². The molecule has 3 N–H and O–H groups in total. The molecule has 2 heterocycles. The number of carbonyl (C=O) groups is 2. The molecule has 3 rings (SSSR count). The van der Waals surface area contributed by atoms with Crippen molar-refractivity contribution < 1.29 is 9.59 Å². The molecule has 0 spiro atoms. The van der Waals surface area contributed by atoms with Crippen LogP contribution in [0.3, 0.4) is 0 Å². The minimum atomic E-state index is -0.828. The summed E-state index contributed by atoms with van der Waals surface area (Å²) in [6, 6.07) is 0. The van der Waals surface area contributed by atoms with Crippen molar-refractivity contribution in [2.45, 2.75) is 69.9 Å². The third kappa shape index (κ3) is 4.56. The van der Waals surface area contributed by atoms with Crippen LogP contribution in [0, 0.1) is 0 Å². The van der Waals surface area contributed by atoms with Gasteiger partial charge in [-0.3, -0.25) is 14.9 Å². The number of carbonyl (C=O) groups excluding carboxylic acids is 2. The van der Waals surface area contributed by atoms with Gasteiger partial charge in [-0.2, -0.15) is 0 Å². The van der Waals surface area contributed by atoms with Crippen LogP contribution in [0.15, 0.2) is 6.33 Å². The van der Waals surface area contributed by atoms with Crippen LogP contribution in [0.25, 0.3) is 0 Å². The van der Waals surface area contributed by atoms with Crippen molar-refractivity contribution in [1.82, 2.24) is 19.7 Å². The molecule has 1 aliphatic heterocycles. The maximum atomic E-state index is 12.4. The second-order valence-corrected chi connectivity index (χ2v) is 7.23. The molecule has 25 heavy (non-hydrogen) atoms.